The molecule has 8 heteroatoms. The van der Waals surface area contributed by atoms with Gasteiger partial charge in [-0.05, 0) is 42.2 Å². The van der Waals surface area contributed by atoms with Crippen molar-refractivity contribution in [2.24, 2.45) is 5.92 Å². The van der Waals surface area contributed by atoms with Crippen LogP contribution in [-0.4, -0.2) is 49.7 Å². The Morgan fingerprint density at radius 1 is 1.28 bits per heavy atom. The third-order valence-corrected chi connectivity index (χ3v) is 5.79. The van der Waals surface area contributed by atoms with Gasteiger partial charge >= 0.3 is 5.97 Å². The Morgan fingerprint density at radius 3 is 2.79 bits per heavy atom. The van der Waals surface area contributed by atoms with E-state index < -0.39 is 5.97 Å². The van der Waals surface area contributed by atoms with E-state index in [9.17, 15) is 9.59 Å². The molecule has 2 atom stereocenters. The topological polar surface area (TPSA) is 98.7 Å². The molecule has 1 N–H and O–H groups in total. The Labute approximate surface area is 167 Å². The van der Waals surface area contributed by atoms with E-state index in [1.807, 2.05) is 6.20 Å². The first-order valence-electron chi connectivity index (χ1n) is 9.82. The monoisotopic (exact) mass is 394 g/mol. The van der Waals surface area contributed by atoms with E-state index in [-0.39, 0.29) is 29.8 Å². The van der Waals surface area contributed by atoms with Gasteiger partial charge in [0.05, 0.1) is 24.0 Å². The number of nitrogens with zero attached hydrogens (tertiary/aromatic N) is 4. The van der Waals surface area contributed by atoms with Gasteiger partial charge in [-0.2, -0.15) is 5.10 Å². The minimum Gasteiger partial charge on any atom is -0.478 e. The number of carboxylic acids is 1. The van der Waals surface area contributed by atoms with Gasteiger partial charge in [0.15, 0.2) is 5.78 Å². The van der Waals surface area contributed by atoms with Gasteiger partial charge < -0.3 is 14.2 Å². The van der Waals surface area contributed by atoms with Crippen molar-refractivity contribution in [3.8, 4) is 0 Å². The first kappa shape index (κ1) is 18.1. The molecule has 29 heavy (non-hydrogen) atoms. The van der Waals surface area contributed by atoms with Crippen LogP contribution in [0.5, 0.6) is 0 Å². The highest BCUT2D eigenvalue weighted by molar-refractivity contribution is 5.87. The van der Waals surface area contributed by atoms with Gasteiger partial charge in [-0.25, -0.2) is 9.78 Å². The lowest BCUT2D eigenvalue weighted by molar-refractivity contribution is -0.123. The Kier molecular flexibility index (Phi) is 4.24. The number of pyridine rings is 1. The van der Waals surface area contributed by atoms with Gasteiger partial charge in [0, 0.05) is 31.6 Å². The zero-order chi connectivity index (χ0) is 20.1. The summed E-state index contributed by atoms with van der Waals surface area (Å²) in [5, 5.41) is 13.2. The summed E-state index contributed by atoms with van der Waals surface area (Å²) in [5.74, 6) is -0.0461. The Balaban J connectivity index is 1.47. The van der Waals surface area contributed by atoms with Gasteiger partial charge in [-0.3, -0.25) is 9.48 Å². The highest BCUT2D eigenvalue weighted by atomic mass is 16.5. The van der Waals surface area contributed by atoms with Crippen LogP contribution in [0.1, 0.15) is 58.3 Å². The number of carbonyl (C=O) groups is 2. The summed E-state index contributed by atoms with van der Waals surface area (Å²) in [7, 11) is 1.55. The number of aromatic nitrogens is 4. The highest BCUT2D eigenvalue weighted by Crippen LogP contribution is 2.51. The summed E-state index contributed by atoms with van der Waals surface area (Å²) in [5.41, 5.74) is 4.26. The second-order valence-electron chi connectivity index (χ2n) is 8.05. The zero-order valence-corrected chi connectivity index (χ0v) is 16.1. The van der Waals surface area contributed by atoms with Crippen LogP contribution in [-0.2, 0) is 16.1 Å². The summed E-state index contributed by atoms with van der Waals surface area (Å²) < 4.78 is 8.65. The number of rotatable bonds is 8. The van der Waals surface area contributed by atoms with Crippen molar-refractivity contribution >= 4 is 17.4 Å². The zero-order valence-electron chi connectivity index (χ0n) is 16.1. The molecule has 3 aromatic heterocycles. The van der Waals surface area contributed by atoms with Crippen molar-refractivity contribution < 1.29 is 19.4 Å². The third-order valence-electron chi connectivity index (χ3n) is 5.79. The number of hydrogen-bond acceptors (Lipinski definition) is 5. The molecule has 150 valence electrons. The molecule has 2 unspecified atom stereocenters. The van der Waals surface area contributed by atoms with Gasteiger partial charge in [-0.15, -0.1) is 0 Å². The number of ketones is 1. The van der Waals surface area contributed by atoms with Gasteiger partial charge in [0.1, 0.15) is 12.3 Å². The molecule has 2 saturated carbocycles. The van der Waals surface area contributed by atoms with Crippen molar-refractivity contribution in [3.05, 3.63) is 53.2 Å². The molecule has 3 aromatic rings. The van der Waals surface area contributed by atoms with E-state index in [2.05, 4.69) is 21.8 Å². The molecule has 0 aromatic carbocycles. The van der Waals surface area contributed by atoms with Crippen molar-refractivity contribution in [1.82, 2.24) is 19.2 Å². The Hall–Kier alpha value is -3.00. The Bertz CT molecular complexity index is 1110. The van der Waals surface area contributed by atoms with E-state index >= 15 is 0 Å². The fraction of sp³-hybridized carbons (Fsp3) is 0.429. The summed E-state index contributed by atoms with van der Waals surface area (Å²) in [6.45, 7) is 0.550. The van der Waals surface area contributed by atoms with Gasteiger partial charge in [0.25, 0.3) is 0 Å². The molecule has 0 bridgehead atoms. The number of imidazole rings is 1. The van der Waals surface area contributed by atoms with Crippen molar-refractivity contribution in [2.45, 2.75) is 37.6 Å². The van der Waals surface area contributed by atoms with E-state index in [1.54, 1.807) is 11.8 Å². The lowest BCUT2D eigenvalue weighted by Crippen LogP contribution is -2.10. The first-order chi connectivity index (χ1) is 14.0. The Morgan fingerprint density at radius 2 is 2.10 bits per heavy atom. The standard InChI is InChI=1S/C21H22N4O4/c1-29-11-19(26)17-5-16(17)18-4-13(12-2-3-12)7-24-9-15(23-20(18)24)10-25-8-14(6-22-25)21(27)28/h4,6-9,12,16-17H,2-3,5,10-11H2,1H3,(H,27,28). The van der Waals surface area contributed by atoms with Gasteiger partial charge in [-0.1, -0.05) is 6.07 Å². The fourth-order valence-electron chi connectivity index (χ4n) is 4.06. The predicted octanol–water partition coefficient (Wildman–Crippen LogP) is 2.47. The number of methoxy groups -OCH3 is 1. The third kappa shape index (κ3) is 3.44. The smallest absolute Gasteiger partial charge is 0.338 e. The molecule has 2 aliphatic carbocycles. The molecule has 5 rings (SSSR count). The van der Waals surface area contributed by atoms with Crippen LogP contribution in [0.3, 0.4) is 0 Å². The maximum Gasteiger partial charge on any atom is 0.338 e. The second kappa shape index (κ2) is 6.81. The molecule has 0 aliphatic heterocycles. The number of ether oxygens (including phenoxy) is 1. The largest absolute Gasteiger partial charge is 0.478 e. The van der Waals surface area contributed by atoms with Crippen LogP contribution in [0.25, 0.3) is 5.65 Å². The van der Waals surface area contributed by atoms with E-state index in [4.69, 9.17) is 14.8 Å². The molecule has 0 saturated heterocycles. The number of fused-ring (bicyclic) bond motifs is 1. The molecule has 0 amide bonds. The van der Waals surface area contributed by atoms with Gasteiger partial charge in [0.2, 0.25) is 0 Å². The van der Waals surface area contributed by atoms with Crippen molar-refractivity contribution in [3.63, 3.8) is 0 Å². The normalized spacial score (nSPS) is 20.9. The molecule has 8 nitrogen and oxygen atoms in total. The molecular weight excluding hydrogens is 372 g/mol. The number of carboxylic acid groups (broad SMARTS) is 1. The number of hydrogen-bond donors (Lipinski definition) is 1. The van der Waals surface area contributed by atoms with Crippen LogP contribution in [0.2, 0.25) is 0 Å². The van der Waals surface area contributed by atoms with Crippen molar-refractivity contribution in [2.75, 3.05) is 13.7 Å². The van der Waals surface area contributed by atoms with E-state index in [0.29, 0.717) is 12.5 Å². The summed E-state index contributed by atoms with van der Waals surface area (Å²) in [6.07, 6.45) is 10.2. The molecule has 0 radical (unpaired) electrons. The molecular formula is C21H22N4O4. The van der Waals surface area contributed by atoms with Crippen LogP contribution in [0.15, 0.2) is 30.9 Å². The van der Waals surface area contributed by atoms with E-state index in [1.165, 1.54) is 30.8 Å². The lowest BCUT2D eigenvalue weighted by atomic mass is 10.0. The average molecular weight is 394 g/mol. The maximum atomic E-state index is 12.2. The van der Waals surface area contributed by atoms with Crippen LogP contribution >= 0.6 is 0 Å². The summed E-state index contributed by atoms with van der Waals surface area (Å²) >= 11 is 0. The van der Waals surface area contributed by atoms with E-state index in [0.717, 1.165) is 23.3 Å². The highest BCUT2D eigenvalue weighted by Gasteiger charge is 2.45. The predicted molar refractivity (Wildman–Crippen MR) is 103 cm³/mol. The number of Topliss-reactive ketones (excluding diaryl/α,β-unsaturated/α-hetero) is 1. The minimum absolute atomic E-state index is 0.0117. The molecule has 3 heterocycles. The van der Waals surface area contributed by atoms with Crippen molar-refractivity contribution in [1.29, 1.82) is 0 Å². The van der Waals surface area contributed by atoms with Crippen LogP contribution < -0.4 is 0 Å². The quantitative estimate of drug-likeness (QED) is 0.630. The minimum atomic E-state index is -0.997. The number of aromatic carboxylic acids is 1. The molecule has 2 fully saturated rings. The molecule has 2 aliphatic rings. The molecule has 0 spiro atoms. The second-order valence-corrected chi connectivity index (χ2v) is 8.05. The van der Waals surface area contributed by atoms with Crippen LogP contribution in [0.4, 0.5) is 0 Å². The summed E-state index contributed by atoms with van der Waals surface area (Å²) in [4.78, 5) is 28.1. The fourth-order valence-corrected chi connectivity index (χ4v) is 4.06. The lowest BCUT2D eigenvalue weighted by Gasteiger charge is -2.07. The maximum absolute atomic E-state index is 12.2. The SMILES string of the molecule is COCC(=O)C1CC1c1cc(C2CC2)cn2cc(Cn3cc(C(=O)O)cn3)nc12. The summed E-state index contributed by atoms with van der Waals surface area (Å²) in [6, 6.07) is 2.23. The van der Waals surface area contributed by atoms with Crippen LogP contribution in [0, 0.1) is 5.92 Å². The number of carbonyl (C=O) groups excluding carboxylic acids is 1. The first-order valence-corrected chi connectivity index (χ1v) is 9.82. The average Bonchev–Trinajstić information content (AvgIpc) is 3.60.